The van der Waals surface area contributed by atoms with Gasteiger partial charge >= 0.3 is 11.3 Å². The Kier molecular flexibility index (Phi) is 123. The average Bonchev–Trinajstić information content (AvgIpc) is 2.08. The minimum atomic E-state index is 0. The van der Waals surface area contributed by atoms with Crippen molar-refractivity contribution in [2.45, 2.75) is 0 Å². The van der Waals surface area contributed by atoms with Crippen LogP contribution in [0.25, 0.3) is 0 Å². The molecule has 0 atom stereocenters. The van der Waals surface area contributed by atoms with Crippen molar-refractivity contribution in [3.63, 3.8) is 0 Å². The monoisotopic (exact) mass is 191 g/mol. The van der Waals surface area contributed by atoms with Gasteiger partial charge in [0.15, 0.2) is 0 Å². The van der Waals surface area contributed by atoms with E-state index in [4.69, 9.17) is 4.65 Å². The van der Waals surface area contributed by atoms with Crippen LogP contribution < -0.4 is 0 Å². The van der Waals surface area contributed by atoms with Gasteiger partial charge in [0.2, 0.25) is 0 Å². The van der Waals surface area contributed by atoms with Gasteiger partial charge in [0.05, 0.1) is 0 Å². The van der Waals surface area contributed by atoms with Gasteiger partial charge in [-0.15, -0.1) is 0 Å². The zero-order chi connectivity index (χ0) is 8.83. The molecule has 2 heteroatoms. The number of hydrogen-bond acceptors (Lipinski definition) is 0. The normalized spacial score (nSPS) is 3.82. The summed E-state index contributed by atoms with van der Waals surface area (Å²) in [5.74, 6) is 0. The van der Waals surface area contributed by atoms with E-state index in [-0.39, 0.29) is 17.1 Å². The van der Waals surface area contributed by atoms with Gasteiger partial charge in [0.25, 0.3) is 0 Å². The molecular weight excluding hydrogens is 179 g/mol. The first-order chi connectivity index (χ1) is 4.83. The molecule has 0 aliphatic rings. The molecule has 0 aliphatic carbocycles. The summed E-state index contributed by atoms with van der Waals surface area (Å²) >= 11 is 0. The van der Waals surface area contributed by atoms with Crippen LogP contribution in [0, 0.1) is 6.65 Å². The van der Waals surface area contributed by atoms with Crippen molar-refractivity contribution in [2.75, 3.05) is 0 Å². The van der Waals surface area contributed by atoms with Gasteiger partial charge in [-0.2, -0.15) is 0 Å². The Morgan fingerprint density at radius 1 is 0.727 bits per heavy atom. The van der Waals surface area contributed by atoms with E-state index in [2.05, 4.69) is 33.0 Å². The first-order valence-corrected chi connectivity index (χ1v) is 2.50. The molecule has 1 radical (unpaired) electrons. The van der Waals surface area contributed by atoms with E-state index in [1.165, 1.54) is 0 Å². The van der Waals surface area contributed by atoms with E-state index in [1.807, 2.05) is 0 Å². The Hall–Kier alpha value is -0.781. The molecule has 0 aromatic rings. The van der Waals surface area contributed by atoms with Crippen LogP contribution in [0.15, 0.2) is 50.6 Å². The molecule has 0 aromatic carbocycles. The van der Waals surface area contributed by atoms with Gasteiger partial charge in [0.1, 0.15) is 0 Å². The van der Waals surface area contributed by atoms with Crippen molar-refractivity contribution in [1.29, 1.82) is 0 Å². The van der Waals surface area contributed by atoms with Gasteiger partial charge in [-0.1, -0.05) is 50.6 Å². The fourth-order valence-electron chi connectivity index (χ4n) is 0. The van der Waals surface area contributed by atoms with Crippen LogP contribution in [0.5, 0.6) is 0 Å². The molecule has 0 heterocycles. The summed E-state index contributed by atoms with van der Waals surface area (Å²) in [5, 5.41) is 0. The van der Waals surface area contributed by atoms with Crippen molar-refractivity contribution in [3.8, 4) is 0 Å². The molecule has 0 amide bonds. The molecule has 0 bridgehead atoms. The van der Waals surface area contributed by atoms with Crippen molar-refractivity contribution in [1.82, 2.24) is 0 Å². The molecule has 0 saturated heterocycles. The zero-order valence-corrected chi connectivity index (χ0v) is 7.60. The van der Waals surface area contributed by atoms with Gasteiger partial charge in [-0.3, -0.25) is 0 Å². The fraction of sp³-hybridized carbons (Fsp3) is 0. The third-order valence-corrected chi connectivity index (χ3v) is 0.333. The number of allylic oxidation sites excluding steroid dienone is 4. The minimum absolute atomic E-state index is 0. The Balaban J connectivity index is -0.0000000339. The average molecular weight is 191 g/mol. The van der Waals surface area contributed by atoms with Crippen molar-refractivity contribution in [2.24, 2.45) is 0 Å². The third kappa shape index (κ3) is 323. The molecule has 0 fully saturated rings. The van der Waals surface area contributed by atoms with Crippen LogP contribution in [0.2, 0.25) is 0 Å². The fourth-order valence-corrected chi connectivity index (χ4v) is 0. The predicted molar refractivity (Wildman–Crippen MR) is 44.7 cm³/mol. The Bertz CT molecular complexity index is 90.0. The van der Waals surface area contributed by atoms with Gasteiger partial charge < -0.3 is 0 Å². The van der Waals surface area contributed by atoms with Crippen LogP contribution in [0.3, 0.4) is 0 Å². The summed E-state index contributed by atoms with van der Waals surface area (Å²) in [6.45, 7) is 17.9. The smallest absolute Gasteiger partial charge is 0 e. The van der Waals surface area contributed by atoms with E-state index in [9.17, 15) is 0 Å². The van der Waals surface area contributed by atoms with Gasteiger partial charge in [-0.25, -0.2) is 0 Å². The molecule has 0 aliphatic heterocycles. The second-order valence-corrected chi connectivity index (χ2v) is 0.943. The summed E-state index contributed by atoms with van der Waals surface area (Å²) in [6, 6.07) is 0. The van der Waals surface area contributed by atoms with Crippen LogP contribution in [0.4, 0.5) is 0 Å². The Morgan fingerprint density at radius 3 is 0.818 bits per heavy atom. The SMILES string of the molecule is C=CC=C.C=CC=C.[C-]#[O+].[Mn]. The number of rotatable bonds is 2. The van der Waals surface area contributed by atoms with Crippen LogP contribution >= 0.6 is 0 Å². The summed E-state index contributed by atoms with van der Waals surface area (Å²) in [6.07, 6.45) is 6.56. The Morgan fingerprint density at radius 2 is 0.818 bits per heavy atom. The molecule has 0 aromatic heterocycles. The first-order valence-electron chi connectivity index (χ1n) is 2.50. The van der Waals surface area contributed by atoms with E-state index in [0.717, 1.165) is 0 Å². The minimum Gasteiger partial charge on any atom is 0 e. The van der Waals surface area contributed by atoms with Crippen LogP contribution in [-0.4, -0.2) is 0 Å². The third-order valence-electron chi connectivity index (χ3n) is 0.333. The summed E-state index contributed by atoms with van der Waals surface area (Å²) in [4.78, 5) is 0. The quantitative estimate of drug-likeness (QED) is 0.277. The molecular formula is C9H12MnO. The molecule has 0 saturated carbocycles. The predicted octanol–water partition coefficient (Wildman–Crippen LogP) is 2.68. The van der Waals surface area contributed by atoms with E-state index >= 15 is 0 Å². The first kappa shape index (κ1) is 22.5. The van der Waals surface area contributed by atoms with Crippen molar-refractivity contribution in [3.05, 3.63) is 57.3 Å². The molecule has 0 spiro atoms. The molecule has 0 N–H and O–H groups in total. The van der Waals surface area contributed by atoms with Crippen LogP contribution in [-0.2, 0) is 21.7 Å². The maximum atomic E-state index is 7.50. The molecule has 0 unspecified atom stereocenters. The molecule has 61 valence electrons. The van der Waals surface area contributed by atoms with Crippen molar-refractivity contribution < 1.29 is 21.7 Å². The maximum absolute atomic E-state index is 7.50. The van der Waals surface area contributed by atoms with E-state index in [0.29, 0.717) is 0 Å². The van der Waals surface area contributed by atoms with Gasteiger partial charge in [-0.05, 0) is 0 Å². The molecule has 0 rings (SSSR count). The second kappa shape index (κ2) is 60.1. The van der Waals surface area contributed by atoms with E-state index in [1.54, 1.807) is 24.3 Å². The largest absolute Gasteiger partial charge is 0 e. The Labute approximate surface area is 79.4 Å². The van der Waals surface area contributed by atoms with E-state index < -0.39 is 0 Å². The summed E-state index contributed by atoms with van der Waals surface area (Å²) < 4.78 is 7.50. The topological polar surface area (TPSA) is 19.9 Å². The summed E-state index contributed by atoms with van der Waals surface area (Å²) in [7, 11) is 0. The zero-order valence-electron chi connectivity index (χ0n) is 6.42. The number of hydrogen-bond donors (Lipinski definition) is 0. The molecule has 1 nitrogen and oxygen atoms in total. The molecule has 11 heavy (non-hydrogen) atoms. The maximum Gasteiger partial charge on any atom is 0 e. The summed E-state index contributed by atoms with van der Waals surface area (Å²) in [5.41, 5.74) is 0. The van der Waals surface area contributed by atoms with Crippen molar-refractivity contribution >= 4 is 0 Å². The standard InChI is InChI=1S/2C4H6.CO.Mn/c2*1-3-4-2;1-2;/h2*3-4H,1-2H2;;. The van der Waals surface area contributed by atoms with Crippen LogP contribution in [0.1, 0.15) is 0 Å². The second-order valence-electron chi connectivity index (χ2n) is 0.943. The van der Waals surface area contributed by atoms with Gasteiger partial charge in [0, 0.05) is 17.1 Å².